The molecule has 1 amide bonds. The first kappa shape index (κ1) is 14.1. The number of carboxylic acids is 1. The van der Waals surface area contributed by atoms with E-state index in [4.69, 9.17) is 0 Å². The minimum atomic E-state index is -0.981. The number of nitrogens with one attached hydrogen (secondary N) is 1. The fraction of sp³-hybridized carbons (Fsp3) is 0.0667. The van der Waals surface area contributed by atoms with E-state index in [-0.39, 0.29) is 11.5 Å². The van der Waals surface area contributed by atoms with Crippen molar-refractivity contribution in [3.05, 3.63) is 59.7 Å². The quantitative estimate of drug-likeness (QED) is 0.907. The van der Waals surface area contributed by atoms with Gasteiger partial charge in [-0.2, -0.15) is 0 Å². The van der Waals surface area contributed by atoms with E-state index in [1.54, 1.807) is 49.5 Å². The molecule has 0 radical (unpaired) electrons. The third-order valence-corrected chi connectivity index (χ3v) is 3.85. The molecule has 2 aromatic rings. The van der Waals surface area contributed by atoms with Crippen LogP contribution < -0.4 is 5.32 Å². The summed E-state index contributed by atoms with van der Waals surface area (Å²) in [5.41, 5.74) is 0.754. The predicted octanol–water partition coefficient (Wildman–Crippen LogP) is 2.90. The van der Waals surface area contributed by atoms with Crippen LogP contribution in [0.15, 0.2) is 58.3 Å². The van der Waals surface area contributed by atoms with Gasteiger partial charge in [0.2, 0.25) is 0 Å². The van der Waals surface area contributed by atoms with E-state index in [0.29, 0.717) is 10.5 Å². The molecule has 2 aromatic carbocycles. The summed E-state index contributed by atoms with van der Waals surface area (Å²) in [6.45, 7) is 0. The third kappa shape index (κ3) is 3.00. The maximum atomic E-state index is 11.8. The Bertz CT molecular complexity index is 655. The minimum absolute atomic E-state index is 0.194. The van der Waals surface area contributed by atoms with E-state index in [9.17, 15) is 14.7 Å². The molecule has 2 N–H and O–H groups in total. The Morgan fingerprint density at radius 1 is 0.950 bits per heavy atom. The number of carbonyl (C=O) groups is 2. The van der Waals surface area contributed by atoms with Crippen molar-refractivity contribution in [2.75, 3.05) is 7.05 Å². The van der Waals surface area contributed by atoms with Crippen LogP contribution in [0, 0.1) is 0 Å². The standard InChI is InChI=1S/C15H13NO3S/c1-16-14(17)10-6-2-4-8-12(10)20-13-9-5-3-7-11(13)15(18)19/h2-9H,1H3,(H,16,17)(H,18,19). The molecule has 0 aliphatic carbocycles. The van der Waals surface area contributed by atoms with Crippen LogP contribution in [0.3, 0.4) is 0 Å². The second kappa shape index (κ2) is 6.25. The number of hydrogen-bond donors (Lipinski definition) is 2. The average Bonchev–Trinajstić information content (AvgIpc) is 2.47. The highest BCUT2D eigenvalue weighted by atomic mass is 32.2. The molecule has 0 spiro atoms. The molecule has 0 aliphatic rings. The van der Waals surface area contributed by atoms with Crippen LogP contribution in [0.5, 0.6) is 0 Å². The summed E-state index contributed by atoms with van der Waals surface area (Å²) in [6.07, 6.45) is 0. The second-order valence-corrected chi connectivity index (χ2v) is 5.06. The van der Waals surface area contributed by atoms with E-state index in [1.807, 2.05) is 6.07 Å². The van der Waals surface area contributed by atoms with Crippen molar-refractivity contribution in [2.24, 2.45) is 0 Å². The minimum Gasteiger partial charge on any atom is -0.478 e. The van der Waals surface area contributed by atoms with E-state index in [0.717, 1.165) is 4.90 Å². The van der Waals surface area contributed by atoms with Gasteiger partial charge >= 0.3 is 5.97 Å². The van der Waals surface area contributed by atoms with Gasteiger partial charge in [0.1, 0.15) is 0 Å². The molecule has 5 heteroatoms. The number of rotatable bonds is 4. The Morgan fingerprint density at radius 2 is 1.45 bits per heavy atom. The zero-order valence-corrected chi connectivity index (χ0v) is 11.6. The van der Waals surface area contributed by atoms with E-state index in [1.165, 1.54) is 11.8 Å². The molecule has 0 saturated heterocycles. The molecule has 2 rings (SSSR count). The Morgan fingerprint density at radius 3 is 2.00 bits per heavy atom. The molecular weight excluding hydrogens is 274 g/mol. The van der Waals surface area contributed by atoms with Crippen molar-refractivity contribution >= 4 is 23.6 Å². The lowest BCUT2D eigenvalue weighted by molar-refractivity contribution is 0.0693. The first-order valence-electron chi connectivity index (χ1n) is 5.94. The normalized spacial score (nSPS) is 10.1. The molecule has 0 bridgehead atoms. The van der Waals surface area contributed by atoms with Crippen molar-refractivity contribution in [1.82, 2.24) is 5.32 Å². The van der Waals surface area contributed by atoms with Crippen molar-refractivity contribution < 1.29 is 14.7 Å². The molecule has 0 fully saturated rings. The van der Waals surface area contributed by atoms with Crippen LogP contribution in [-0.2, 0) is 0 Å². The van der Waals surface area contributed by atoms with Crippen molar-refractivity contribution in [3.63, 3.8) is 0 Å². The fourth-order valence-electron chi connectivity index (χ4n) is 1.73. The van der Waals surface area contributed by atoms with Gasteiger partial charge < -0.3 is 10.4 Å². The highest BCUT2D eigenvalue weighted by Gasteiger charge is 2.14. The lowest BCUT2D eigenvalue weighted by atomic mass is 10.2. The van der Waals surface area contributed by atoms with Gasteiger partial charge in [-0.1, -0.05) is 36.0 Å². The van der Waals surface area contributed by atoms with Crippen LogP contribution in [0.2, 0.25) is 0 Å². The van der Waals surface area contributed by atoms with Crippen LogP contribution in [-0.4, -0.2) is 24.0 Å². The highest BCUT2D eigenvalue weighted by molar-refractivity contribution is 7.99. The van der Waals surface area contributed by atoms with Crippen molar-refractivity contribution in [1.29, 1.82) is 0 Å². The molecule has 102 valence electrons. The highest BCUT2D eigenvalue weighted by Crippen LogP contribution is 2.32. The Balaban J connectivity index is 2.41. The van der Waals surface area contributed by atoms with Crippen molar-refractivity contribution in [3.8, 4) is 0 Å². The summed E-state index contributed by atoms with van der Waals surface area (Å²) in [5.74, 6) is -1.17. The molecular formula is C15H13NO3S. The summed E-state index contributed by atoms with van der Waals surface area (Å²) >= 11 is 1.27. The number of aromatic carboxylic acids is 1. The first-order chi connectivity index (χ1) is 9.63. The molecule has 20 heavy (non-hydrogen) atoms. The van der Waals surface area contributed by atoms with Crippen LogP contribution in [0.1, 0.15) is 20.7 Å². The summed E-state index contributed by atoms with van der Waals surface area (Å²) < 4.78 is 0. The molecule has 0 aromatic heterocycles. The smallest absolute Gasteiger partial charge is 0.336 e. The van der Waals surface area contributed by atoms with E-state index >= 15 is 0 Å². The van der Waals surface area contributed by atoms with Gasteiger partial charge in [0.05, 0.1) is 11.1 Å². The third-order valence-electron chi connectivity index (χ3n) is 2.70. The topological polar surface area (TPSA) is 66.4 Å². The molecule has 0 saturated carbocycles. The Labute approximate surface area is 120 Å². The Hall–Kier alpha value is -2.27. The molecule has 0 aliphatic heterocycles. The number of amides is 1. The summed E-state index contributed by atoms with van der Waals surface area (Å²) in [4.78, 5) is 24.3. The SMILES string of the molecule is CNC(=O)c1ccccc1Sc1ccccc1C(=O)O. The van der Waals surface area contributed by atoms with Gasteiger partial charge in [-0.3, -0.25) is 4.79 Å². The number of carboxylic acid groups (broad SMARTS) is 1. The van der Waals surface area contributed by atoms with Crippen LogP contribution in [0.4, 0.5) is 0 Å². The summed E-state index contributed by atoms with van der Waals surface area (Å²) in [6, 6.07) is 13.8. The summed E-state index contributed by atoms with van der Waals surface area (Å²) in [5, 5.41) is 11.8. The molecule has 0 unspecified atom stereocenters. The zero-order valence-electron chi connectivity index (χ0n) is 10.8. The fourth-order valence-corrected chi connectivity index (χ4v) is 2.79. The van der Waals surface area contributed by atoms with Crippen molar-refractivity contribution in [2.45, 2.75) is 9.79 Å². The lowest BCUT2D eigenvalue weighted by Gasteiger charge is -2.09. The number of hydrogen-bond acceptors (Lipinski definition) is 3. The van der Waals surface area contributed by atoms with Crippen LogP contribution >= 0.6 is 11.8 Å². The van der Waals surface area contributed by atoms with Crippen LogP contribution in [0.25, 0.3) is 0 Å². The zero-order chi connectivity index (χ0) is 14.5. The summed E-state index contributed by atoms with van der Waals surface area (Å²) in [7, 11) is 1.56. The largest absolute Gasteiger partial charge is 0.478 e. The maximum absolute atomic E-state index is 11.8. The molecule has 0 atom stereocenters. The van der Waals surface area contributed by atoms with E-state index in [2.05, 4.69) is 5.32 Å². The van der Waals surface area contributed by atoms with Gasteiger partial charge in [0.15, 0.2) is 0 Å². The van der Waals surface area contributed by atoms with E-state index < -0.39 is 5.97 Å². The maximum Gasteiger partial charge on any atom is 0.336 e. The Kier molecular flexibility index (Phi) is 4.42. The van der Waals surface area contributed by atoms with Gasteiger partial charge in [0.25, 0.3) is 5.91 Å². The molecule has 0 heterocycles. The lowest BCUT2D eigenvalue weighted by Crippen LogP contribution is -2.18. The number of benzene rings is 2. The molecule has 4 nitrogen and oxygen atoms in total. The second-order valence-electron chi connectivity index (χ2n) is 3.98. The van der Waals surface area contributed by atoms with Gasteiger partial charge in [-0.25, -0.2) is 4.79 Å². The number of carbonyl (C=O) groups excluding carboxylic acids is 1. The first-order valence-corrected chi connectivity index (χ1v) is 6.76. The monoisotopic (exact) mass is 287 g/mol. The predicted molar refractivity (Wildman–Crippen MR) is 77.4 cm³/mol. The van der Waals surface area contributed by atoms with Gasteiger partial charge in [0, 0.05) is 16.8 Å². The average molecular weight is 287 g/mol. The van der Waals surface area contributed by atoms with Gasteiger partial charge in [-0.05, 0) is 24.3 Å². The van der Waals surface area contributed by atoms with Gasteiger partial charge in [-0.15, -0.1) is 0 Å².